The summed E-state index contributed by atoms with van der Waals surface area (Å²) in [5.41, 5.74) is 1.19. The van der Waals surface area contributed by atoms with Gasteiger partial charge in [-0.1, -0.05) is 18.2 Å². The summed E-state index contributed by atoms with van der Waals surface area (Å²) in [6.45, 7) is 0.459. The van der Waals surface area contributed by atoms with Crippen LogP contribution in [0.5, 0.6) is 5.75 Å². The molecule has 1 saturated carbocycles. The second-order valence-corrected chi connectivity index (χ2v) is 5.58. The van der Waals surface area contributed by atoms with E-state index in [0.29, 0.717) is 12.5 Å². The smallest absolute Gasteiger partial charge is 0.291 e. The van der Waals surface area contributed by atoms with Gasteiger partial charge in [-0.15, -0.1) is 5.10 Å². The van der Waals surface area contributed by atoms with Gasteiger partial charge in [0, 0.05) is 12.3 Å². The van der Waals surface area contributed by atoms with Crippen molar-refractivity contribution in [2.24, 2.45) is 0 Å². The normalized spacial score (nSPS) is 19.9. The van der Waals surface area contributed by atoms with Gasteiger partial charge in [-0.2, -0.15) is 0 Å². The van der Waals surface area contributed by atoms with Crippen LogP contribution in [-0.4, -0.2) is 33.7 Å². The lowest BCUT2D eigenvalue weighted by atomic mass is 10.1. The van der Waals surface area contributed by atoms with E-state index in [9.17, 15) is 4.79 Å². The number of ether oxygens (including phenoxy) is 1. The van der Waals surface area contributed by atoms with E-state index in [1.165, 1.54) is 5.56 Å². The van der Waals surface area contributed by atoms with Crippen LogP contribution in [0.2, 0.25) is 0 Å². The molecule has 0 radical (unpaired) electrons. The molecule has 4 rings (SSSR count). The topological polar surface area (TPSA) is 79.9 Å². The molecule has 21 heavy (non-hydrogen) atoms. The highest BCUT2D eigenvalue weighted by atomic mass is 16.5. The van der Waals surface area contributed by atoms with Gasteiger partial charge in [0.25, 0.3) is 5.91 Å². The largest absolute Gasteiger partial charge is 0.488 e. The van der Waals surface area contributed by atoms with Gasteiger partial charge in [0.05, 0.1) is 6.54 Å². The number of amides is 1. The van der Waals surface area contributed by atoms with E-state index in [4.69, 9.17) is 4.74 Å². The number of benzene rings is 1. The number of aromatic nitrogens is 3. The quantitative estimate of drug-likeness (QED) is 0.889. The number of hydrogen-bond donors (Lipinski definition) is 2. The molecular weight excluding hydrogens is 268 g/mol. The Labute approximate surface area is 121 Å². The molecule has 1 aromatic carbocycles. The van der Waals surface area contributed by atoms with Crippen molar-refractivity contribution in [1.29, 1.82) is 0 Å². The van der Waals surface area contributed by atoms with Gasteiger partial charge < -0.3 is 10.1 Å². The number of carbonyl (C=O) groups is 1. The van der Waals surface area contributed by atoms with Crippen LogP contribution >= 0.6 is 0 Å². The second-order valence-electron chi connectivity index (χ2n) is 5.58. The van der Waals surface area contributed by atoms with Crippen LogP contribution in [0.15, 0.2) is 24.3 Å². The van der Waals surface area contributed by atoms with E-state index in [-0.39, 0.29) is 17.8 Å². The van der Waals surface area contributed by atoms with Crippen molar-refractivity contribution >= 4 is 5.91 Å². The molecule has 0 saturated heterocycles. The van der Waals surface area contributed by atoms with Gasteiger partial charge in [0.2, 0.25) is 5.82 Å². The summed E-state index contributed by atoms with van der Waals surface area (Å²) >= 11 is 0. The van der Waals surface area contributed by atoms with E-state index in [1.807, 2.05) is 24.3 Å². The maximum Gasteiger partial charge on any atom is 0.291 e. The Kier molecular flexibility index (Phi) is 2.87. The number of para-hydroxylation sites is 1. The minimum Gasteiger partial charge on any atom is -0.488 e. The summed E-state index contributed by atoms with van der Waals surface area (Å²) in [6, 6.07) is 7.95. The van der Waals surface area contributed by atoms with Crippen LogP contribution in [0.3, 0.4) is 0 Å². The highest BCUT2D eigenvalue weighted by Gasteiger charge is 2.28. The monoisotopic (exact) mass is 284 g/mol. The van der Waals surface area contributed by atoms with Crippen LogP contribution in [0.1, 0.15) is 40.8 Å². The Balaban J connectivity index is 1.33. The fraction of sp³-hybridized carbons (Fsp3) is 0.400. The molecule has 1 unspecified atom stereocenters. The zero-order valence-corrected chi connectivity index (χ0v) is 11.5. The summed E-state index contributed by atoms with van der Waals surface area (Å²) < 4.78 is 5.78. The molecule has 1 fully saturated rings. The fourth-order valence-electron chi connectivity index (χ4n) is 2.57. The number of nitrogens with one attached hydrogen (secondary N) is 2. The Morgan fingerprint density at radius 1 is 1.38 bits per heavy atom. The third kappa shape index (κ3) is 2.49. The Morgan fingerprint density at radius 2 is 2.24 bits per heavy atom. The lowest BCUT2D eigenvalue weighted by molar-refractivity contribution is 0.0923. The number of hydrogen-bond acceptors (Lipinski definition) is 4. The van der Waals surface area contributed by atoms with Crippen molar-refractivity contribution < 1.29 is 9.53 Å². The van der Waals surface area contributed by atoms with Gasteiger partial charge in [0.1, 0.15) is 17.7 Å². The minimum atomic E-state index is -0.252. The minimum absolute atomic E-state index is 0.0202. The van der Waals surface area contributed by atoms with Crippen LogP contribution in [0.25, 0.3) is 0 Å². The Bertz CT molecular complexity index is 653. The number of fused-ring (bicyclic) bond motifs is 1. The molecule has 1 amide bonds. The molecule has 1 aliphatic heterocycles. The van der Waals surface area contributed by atoms with Crippen LogP contribution < -0.4 is 10.1 Å². The average Bonchev–Trinajstić information content (AvgIpc) is 3.09. The third-order valence-corrected chi connectivity index (χ3v) is 3.87. The highest BCUT2D eigenvalue weighted by Crippen LogP contribution is 2.37. The lowest BCUT2D eigenvalue weighted by Gasteiger charge is -2.10. The van der Waals surface area contributed by atoms with E-state index in [2.05, 4.69) is 20.5 Å². The second kappa shape index (κ2) is 4.87. The number of aromatic amines is 1. The van der Waals surface area contributed by atoms with Crippen molar-refractivity contribution in [3.63, 3.8) is 0 Å². The number of nitrogens with zero attached hydrogens (tertiary/aromatic N) is 2. The lowest BCUT2D eigenvalue weighted by Crippen LogP contribution is -2.35. The highest BCUT2D eigenvalue weighted by molar-refractivity contribution is 5.90. The van der Waals surface area contributed by atoms with E-state index >= 15 is 0 Å². The number of rotatable bonds is 4. The summed E-state index contributed by atoms with van der Waals surface area (Å²) in [7, 11) is 0. The fourth-order valence-corrected chi connectivity index (χ4v) is 2.57. The first-order valence-electron chi connectivity index (χ1n) is 7.24. The standard InChI is InChI=1S/C15H16N4O2/c20-15(14-17-13(18-19-14)9-5-6-9)16-8-11-7-10-3-1-2-4-12(10)21-11/h1-4,9,11H,5-8H2,(H,16,20)(H,17,18,19). The predicted octanol–water partition coefficient (Wildman–Crippen LogP) is 1.42. The van der Waals surface area contributed by atoms with Crippen LogP contribution in [0, 0.1) is 0 Å². The summed E-state index contributed by atoms with van der Waals surface area (Å²) in [5, 5.41) is 9.65. The van der Waals surface area contributed by atoms with Crippen molar-refractivity contribution in [2.75, 3.05) is 6.54 Å². The average molecular weight is 284 g/mol. The number of H-pyrrole nitrogens is 1. The van der Waals surface area contributed by atoms with Gasteiger partial charge in [-0.25, -0.2) is 4.98 Å². The van der Waals surface area contributed by atoms with Crippen molar-refractivity contribution in [3.8, 4) is 5.75 Å². The molecule has 0 spiro atoms. The molecule has 2 aliphatic rings. The molecule has 1 aromatic heterocycles. The maximum atomic E-state index is 12.0. The first-order chi connectivity index (χ1) is 10.3. The third-order valence-electron chi connectivity index (χ3n) is 3.87. The summed E-state index contributed by atoms with van der Waals surface area (Å²) in [5.74, 6) is 2.16. The Hall–Kier alpha value is -2.37. The molecule has 2 aromatic rings. The van der Waals surface area contributed by atoms with E-state index in [1.54, 1.807) is 0 Å². The van der Waals surface area contributed by atoms with Crippen molar-refractivity contribution in [2.45, 2.75) is 31.3 Å². The first-order valence-corrected chi connectivity index (χ1v) is 7.24. The molecule has 6 nitrogen and oxygen atoms in total. The zero-order valence-electron chi connectivity index (χ0n) is 11.5. The predicted molar refractivity (Wildman–Crippen MR) is 75.3 cm³/mol. The molecule has 1 aliphatic carbocycles. The molecule has 0 bridgehead atoms. The van der Waals surface area contributed by atoms with Crippen LogP contribution in [0.4, 0.5) is 0 Å². The molecule has 1 atom stereocenters. The molecular formula is C15H16N4O2. The molecule has 6 heteroatoms. The SMILES string of the molecule is O=C(NCC1Cc2ccccc2O1)c1n[nH]c(C2CC2)n1. The van der Waals surface area contributed by atoms with E-state index in [0.717, 1.165) is 30.8 Å². The Morgan fingerprint density at radius 3 is 3.05 bits per heavy atom. The van der Waals surface area contributed by atoms with Gasteiger partial charge >= 0.3 is 0 Å². The van der Waals surface area contributed by atoms with Crippen molar-refractivity contribution in [1.82, 2.24) is 20.5 Å². The van der Waals surface area contributed by atoms with Gasteiger partial charge in [-0.05, 0) is 24.5 Å². The van der Waals surface area contributed by atoms with Gasteiger partial charge in [0.15, 0.2) is 0 Å². The van der Waals surface area contributed by atoms with Gasteiger partial charge in [-0.3, -0.25) is 9.89 Å². The summed E-state index contributed by atoms with van der Waals surface area (Å²) in [4.78, 5) is 16.3. The molecule has 2 heterocycles. The maximum absolute atomic E-state index is 12.0. The van der Waals surface area contributed by atoms with Crippen molar-refractivity contribution in [3.05, 3.63) is 41.5 Å². The first kappa shape index (κ1) is 12.4. The number of carbonyl (C=O) groups excluding carboxylic acids is 1. The molecule has 2 N–H and O–H groups in total. The van der Waals surface area contributed by atoms with Crippen LogP contribution in [-0.2, 0) is 6.42 Å². The summed E-state index contributed by atoms with van der Waals surface area (Å²) in [6.07, 6.45) is 3.06. The molecule has 108 valence electrons. The zero-order chi connectivity index (χ0) is 14.2. The van der Waals surface area contributed by atoms with E-state index < -0.39 is 0 Å².